The molecule has 0 bridgehead atoms. The number of hydrogen-bond donors (Lipinski definition) is 1. The Balaban J connectivity index is 1.37. The van der Waals surface area contributed by atoms with Crippen molar-refractivity contribution in [3.05, 3.63) is 0 Å². The Bertz CT molecular complexity index is 540. The fraction of sp³-hybridized carbons (Fsp3) is 1.00. The van der Waals surface area contributed by atoms with Gasteiger partial charge in [0.15, 0.2) is 0 Å². The van der Waals surface area contributed by atoms with E-state index in [1.165, 1.54) is 64.7 Å². The Morgan fingerprint density at radius 1 is 0.852 bits per heavy atom. The van der Waals surface area contributed by atoms with Crippen LogP contribution in [-0.4, -0.2) is 37.1 Å². The molecule has 0 aromatic carbocycles. The minimum atomic E-state index is 0.641. The minimum absolute atomic E-state index is 0.641. The van der Waals surface area contributed by atoms with Crippen LogP contribution in [0.1, 0.15) is 85.0 Å². The number of nitrogens with one attached hydrogen (secondary N) is 1. The molecule has 4 saturated carbocycles. The summed E-state index contributed by atoms with van der Waals surface area (Å²) in [6.07, 6.45) is 15.2. The van der Waals surface area contributed by atoms with Gasteiger partial charge in [-0.05, 0) is 98.2 Å². The lowest BCUT2D eigenvalue weighted by molar-refractivity contribution is -0.124. The molecule has 0 radical (unpaired) electrons. The van der Waals surface area contributed by atoms with Crippen LogP contribution in [-0.2, 0) is 0 Å². The molecule has 27 heavy (non-hydrogen) atoms. The highest BCUT2D eigenvalue weighted by Gasteiger charge is 2.60. The molecule has 2 unspecified atom stereocenters. The maximum atomic E-state index is 3.56. The van der Waals surface area contributed by atoms with E-state index in [1.807, 2.05) is 0 Å². The second kappa shape index (κ2) is 7.01. The lowest BCUT2D eigenvalue weighted by Crippen LogP contribution is -2.57. The first-order chi connectivity index (χ1) is 13.1. The van der Waals surface area contributed by atoms with E-state index in [0.29, 0.717) is 10.8 Å². The zero-order chi connectivity index (χ0) is 18.6. The highest BCUT2D eigenvalue weighted by atomic mass is 15.2. The number of piperazine rings is 1. The lowest BCUT2D eigenvalue weighted by atomic mass is 9.44. The number of rotatable bonds is 2. The molecule has 0 aromatic rings. The number of nitrogens with zero attached hydrogens (tertiary/aromatic N) is 1. The van der Waals surface area contributed by atoms with Crippen molar-refractivity contribution in [2.75, 3.05) is 26.2 Å². The summed E-state index contributed by atoms with van der Waals surface area (Å²) in [5.41, 5.74) is 1.33. The Morgan fingerprint density at radius 3 is 2.37 bits per heavy atom. The molecule has 1 saturated heterocycles. The molecule has 0 spiro atoms. The van der Waals surface area contributed by atoms with Crippen molar-refractivity contribution in [1.29, 1.82) is 0 Å². The van der Waals surface area contributed by atoms with Gasteiger partial charge >= 0.3 is 0 Å². The molecule has 0 amide bonds. The van der Waals surface area contributed by atoms with Gasteiger partial charge in [-0.1, -0.05) is 27.2 Å². The highest BCUT2D eigenvalue weighted by molar-refractivity contribution is 5.09. The summed E-state index contributed by atoms with van der Waals surface area (Å²) in [5.74, 6) is 5.21. The van der Waals surface area contributed by atoms with Crippen LogP contribution >= 0.6 is 0 Å². The largest absolute Gasteiger partial charge is 0.314 e. The molecule has 1 N–H and O–H groups in total. The molecule has 1 aliphatic heterocycles. The molecule has 4 aliphatic carbocycles. The number of hydrogen-bond acceptors (Lipinski definition) is 2. The van der Waals surface area contributed by atoms with Crippen molar-refractivity contribution in [3.8, 4) is 0 Å². The molecule has 2 heteroatoms. The predicted molar refractivity (Wildman–Crippen MR) is 114 cm³/mol. The van der Waals surface area contributed by atoms with Crippen LogP contribution in [0, 0.1) is 40.4 Å². The Hall–Kier alpha value is -0.0800. The Kier molecular flexibility index (Phi) is 4.91. The van der Waals surface area contributed by atoms with E-state index in [1.54, 1.807) is 25.7 Å². The molecule has 0 aromatic heterocycles. The summed E-state index contributed by atoms with van der Waals surface area (Å²) in [6.45, 7) is 12.9. The summed E-state index contributed by atoms with van der Waals surface area (Å²) in [5, 5.41) is 3.56. The summed E-state index contributed by atoms with van der Waals surface area (Å²) in [7, 11) is 0. The molecular formula is C25H44N2. The van der Waals surface area contributed by atoms with Crippen LogP contribution in [0.4, 0.5) is 0 Å². The molecular weight excluding hydrogens is 328 g/mol. The molecule has 5 aliphatic rings. The smallest absolute Gasteiger partial charge is 0.0110 e. The molecule has 5 fully saturated rings. The van der Waals surface area contributed by atoms with Crippen molar-refractivity contribution >= 4 is 0 Å². The van der Waals surface area contributed by atoms with E-state index in [-0.39, 0.29) is 0 Å². The van der Waals surface area contributed by atoms with Crippen LogP contribution in [0.5, 0.6) is 0 Å². The quantitative estimate of drug-likeness (QED) is 0.705. The summed E-state index contributed by atoms with van der Waals surface area (Å²) >= 11 is 0. The van der Waals surface area contributed by atoms with Gasteiger partial charge in [0.25, 0.3) is 0 Å². The van der Waals surface area contributed by atoms with Crippen LogP contribution in [0.2, 0.25) is 0 Å². The summed E-state index contributed by atoms with van der Waals surface area (Å²) in [6, 6.07) is 0.882. The summed E-state index contributed by atoms with van der Waals surface area (Å²) in [4.78, 5) is 2.86. The second-order valence-corrected chi connectivity index (χ2v) is 11.6. The van der Waals surface area contributed by atoms with E-state index in [4.69, 9.17) is 0 Å². The van der Waals surface area contributed by atoms with Gasteiger partial charge in [-0.25, -0.2) is 0 Å². The zero-order valence-corrected chi connectivity index (χ0v) is 18.3. The van der Waals surface area contributed by atoms with Crippen LogP contribution in [0.15, 0.2) is 0 Å². The third kappa shape index (κ3) is 2.87. The normalized spacial score (nSPS) is 53.4. The first kappa shape index (κ1) is 18.9. The zero-order valence-electron chi connectivity index (χ0n) is 18.3. The van der Waals surface area contributed by atoms with E-state index in [2.05, 4.69) is 31.0 Å². The van der Waals surface area contributed by atoms with Gasteiger partial charge in [0, 0.05) is 32.2 Å². The fourth-order valence-corrected chi connectivity index (χ4v) is 9.47. The first-order valence-electron chi connectivity index (χ1n) is 12.5. The van der Waals surface area contributed by atoms with Gasteiger partial charge in [-0.3, -0.25) is 4.90 Å². The van der Waals surface area contributed by atoms with Gasteiger partial charge in [-0.15, -0.1) is 0 Å². The third-order valence-electron chi connectivity index (χ3n) is 10.9. The lowest BCUT2D eigenvalue weighted by Gasteiger charge is -2.62. The van der Waals surface area contributed by atoms with Crippen LogP contribution < -0.4 is 5.32 Å². The molecule has 2 nitrogen and oxygen atoms in total. The fourth-order valence-electron chi connectivity index (χ4n) is 9.47. The average Bonchev–Trinajstić information content (AvgIpc) is 3.04. The minimum Gasteiger partial charge on any atom is -0.314 e. The van der Waals surface area contributed by atoms with Gasteiger partial charge < -0.3 is 5.32 Å². The van der Waals surface area contributed by atoms with E-state index in [0.717, 1.165) is 35.6 Å². The first-order valence-corrected chi connectivity index (χ1v) is 12.5. The maximum absolute atomic E-state index is 3.56. The maximum Gasteiger partial charge on any atom is 0.0110 e. The van der Waals surface area contributed by atoms with Crippen molar-refractivity contribution in [2.24, 2.45) is 40.4 Å². The third-order valence-corrected chi connectivity index (χ3v) is 10.9. The topological polar surface area (TPSA) is 15.3 Å². The van der Waals surface area contributed by atoms with Gasteiger partial charge in [0.1, 0.15) is 0 Å². The summed E-state index contributed by atoms with van der Waals surface area (Å²) < 4.78 is 0. The van der Waals surface area contributed by atoms with Crippen molar-refractivity contribution in [1.82, 2.24) is 10.2 Å². The van der Waals surface area contributed by atoms with Gasteiger partial charge in [0.2, 0.25) is 0 Å². The van der Waals surface area contributed by atoms with Crippen molar-refractivity contribution < 1.29 is 0 Å². The molecule has 154 valence electrons. The molecule has 1 heterocycles. The van der Waals surface area contributed by atoms with E-state index < -0.39 is 0 Å². The number of fused-ring (bicyclic) bond motifs is 5. The van der Waals surface area contributed by atoms with Gasteiger partial charge in [0.05, 0.1) is 0 Å². The molecule has 5 rings (SSSR count). The predicted octanol–water partition coefficient (Wildman–Crippen LogP) is 5.33. The average molecular weight is 373 g/mol. The standard InChI is InChI=1S/C25H44N2/c1-4-18-7-10-22-21-9-6-19-5-8-20(27-15-13-26-14-16-27)17-25(19,3)23(21)11-12-24(18,22)2/h18-23,26H,4-17H2,1-3H3/t18-,19?,20?,21-,22-,23-,24+,25-/m0/s1. The van der Waals surface area contributed by atoms with Crippen molar-refractivity contribution in [2.45, 2.75) is 91.0 Å². The molecule has 8 atom stereocenters. The Morgan fingerprint density at radius 2 is 1.59 bits per heavy atom. The van der Waals surface area contributed by atoms with Crippen LogP contribution in [0.25, 0.3) is 0 Å². The van der Waals surface area contributed by atoms with Gasteiger partial charge in [-0.2, -0.15) is 0 Å². The van der Waals surface area contributed by atoms with E-state index >= 15 is 0 Å². The monoisotopic (exact) mass is 372 g/mol. The SMILES string of the molecule is CC[C@H]1CC[C@H]2[C@@H]3CCC4CCC(N5CCNCC5)C[C@]4(C)[C@H]3CC[C@]12C. The second-order valence-electron chi connectivity index (χ2n) is 11.6. The van der Waals surface area contributed by atoms with E-state index in [9.17, 15) is 0 Å². The van der Waals surface area contributed by atoms with Crippen molar-refractivity contribution in [3.63, 3.8) is 0 Å². The highest BCUT2D eigenvalue weighted by Crippen LogP contribution is 2.67. The Labute approximate surface area is 168 Å². The van der Waals surface area contributed by atoms with Crippen LogP contribution in [0.3, 0.4) is 0 Å².